The van der Waals surface area contributed by atoms with Gasteiger partial charge in [0.2, 0.25) is 0 Å². The highest BCUT2D eigenvalue weighted by molar-refractivity contribution is 14.1. The molecule has 0 aliphatic carbocycles. The van der Waals surface area contributed by atoms with Crippen LogP contribution in [0, 0.1) is 28.7 Å². The van der Waals surface area contributed by atoms with Gasteiger partial charge in [0.15, 0.2) is 11.5 Å². The zero-order valence-electron chi connectivity index (χ0n) is 17.1. The molecule has 0 spiro atoms. The van der Waals surface area contributed by atoms with Crippen molar-refractivity contribution in [3.8, 4) is 17.6 Å². The highest BCUT2D eigenvalue weighted by Crippen LogP contribution is 2.35. The summed E-state index contributed by atoms with van der Waals surface area (Å²) in [4.78, 5) is 12.7. The summed E-state index contributed by atoms with van der Waals surface area (Å²) in [5.41, 5.74) is 3.34. The lowest BCUT2D eigenvalue weighted by Crippen LogP contribution is -2.15. The SMILES string of the molecule is CCCOc1c(I)cc(/C=C(/C#N)C(=O)Nc2c(C)cccc2C)cc1OCC. The molecule has 2 rings (SSSR count). The van der Waals surface area contributed by atoms with E-state index in [2.05, 4.69) is 27.9 Å². The number of hydrogen-bond acceptors (Lipinski definition) is 4. The molecule has 0 saturated carbocycles. The van der Waals surface area contributed by atoms with E-state index in [0.29, 0.717) is 30.3 Å². The molecule has 0 fully saturated rings. The molecule has 152 valence electrons. The first-order chi connectivity index (χ1) is 13.9. The van der Waals surface area contributed by atoms with Crippen molar-refractivity contribution in [1.82, 2.24) is 0 Å². The number of benzene rings is 2. The lowest BCUT2D eigenvalue weighted by atomic mass is 10.1. The van der Waals surface area contributed by atoms with Gasteiger partial charge in [-0.25, -0.2) is 0 Å². The number of amides is 1. The number of para-hydroxylation sites is 1. The van der Waals surface area contributed by atoms with Crippen molar-refractivity contribution in [3.63, 3.8) is 0 Å². The van der Waals surface area contributed by atoms with Gasteiger partial charge in [-0.15, -0.1) is 0 Å². The predicted octanol–water partition coefficient (Wildman–Crippen LogP) is 5.64. The number of nitrogens with one attached hydrogen (secondary N) is 1. The van der Waals surface area contributed by atoms with E-state index in [-0.39, 0.29) is 5.57 Å². The third-order valence-corrected chi connectivity index (χ3v) is 4.98. The first-order valence-corrected chi connectivity index (χ1v) is 10.6. The van der Waals surface area contributed by atoms with Gasteiger partial charge in [0.1, 0.15) is 11.6 Å². The number of carbonyl (C=O) groups is 1. The van der Waals surface area contributed by atoms with E-state index < -0.39 is 5.91 Å². The Balaban J connectivity index is 2.36. The van der Waals surface area contributed by atoms with Crippen molar-refractivity contribution in [3.05, 3.63) is 56.2 Å². The Labute approximate surface area is 185 Å². The molecule has 0 atom stereocenters. The zero-order chi connectivity index (χ0) is 21.4. The molecule has 1 N–H and O–H groups in total. The normalized spacial score (nSPS) is 11.0. The fraction of sp³-hybridized carbons (Fsp3) is 0.304. The molecule has 0 radical (unpaired) electrons. The van der Waals surface area contributed by atoms with Crippen LogP contribution in [0.2, 0.25) is 0 Å². The minimum Gasteiger partial charge on any atom is -0.490 e. The van der Waals surface area contributed by atoms with Gasteiger partial charge in [-0.05, 0) is 84.7 Å². The minimum absolute atomic E-state index is 0.0214. The van der Waals surface area contributed by atoms with Crippen LogP contribution in [0.15, 0.2) is 35.9 Å². The first kappa shape index (κ1) is 22.8. The second kappa shape index (κ2) is 10.9. The van der Waals surface area contributed by atoms with Crippen molar-refractivity contribution in [1.29, 1.82) is 5.26 Å². The molecule has 29 heavy (non-hydrogen) atoms. The van der Waals surface area contributed by atoms with Crippen LogP contribution in [-0.4, -0.2) is 19.1 Å². The summed E-state index contributed by atoms with van der Waals surface area (Å²) in [6.45, 7) is 8.86. The Hall–Kier alpha value is -2.53. The Morgan fingerprint density at radius 2 is 1.90 bits per heavy atom. The Morgan fingerprint density at radius 3 is 2.48 bits per heavy atom. The van der Waals surface area contributed by atoms with Crippen molar-refractivity contribution in [2.45, 2.75) is 34.1 Å². The Bertz CT molecular complexity index is 941. The summed E-state index contributed by atoms with van der Waals surface area (Å²) in [7, 11) is 0. The second-order valence-corrected chi connectivity index (χ2v) is 7.66. The van der Waals surface area contributed by atoms with Crippen molar-refractivity contribution in [2.24, 2.45) is 0 Å². The molecule has 5 nitrogen and oxygen atoms in total. The second-order valence-electron chi connectivity index (χ2n) is 6.50. The molecule has 0 bridgehead atoms. The molecule has 2 aromatic rings. The largest absolute Gasteiger partial charge is 0.490 e. The number of rotatable bonds is 8. The van der Waals surface area contributed by atoms with Gasteiger partial charge in [-0.2, -0.15) is 5.26 Å². The summed E-state index contributed by atoms with van der Waals surface area (Å²) in [5.74, 6) is 0.848. The highest BCUT2D eigenvalue weighted by atomic mass is 127. The number of ether oxygens (including phenoxy) is 2. The molecular formula is C23H25IN2O3. The molecule has 6 heteroatoms. The van der Waals surface area contributed by atoms with Crippen LogP contribution in [0.3, 0.4) is 0 Å². The number of nitrogens with zero attached hydrogens (tertiary/aromatic N) is 1. The summed E-state index contributed by atoms with van der Waals surface area (Å²) >= 11 is 2.18. The van der Waals surface area contributed by atoms with Crippen molar-refractivity contribution < 1.29 is 14.3 Å². The quantitative estimate of drug-likeness (QED) is 0.287. The van der Waals surface area contributed by atoms with Gasteiger partial charge in [-0.1, -0.05) is 25.1 Å². The summed E-state index contributed by atoms with van der Waals surface area (Å²) < 4.78 is 12.4. The fourth-order valence-electron chi connectivity index (χ4n) is 2.79. The van der Waals surface area contributed by atoms with Crippen LogP contribution in [0.1, 0.15) is 37.0 Å². The molecule has 0 heterocycles. The van der Waals surface area contributed by atoms with Crippen molar-refractivity contribution in [2.75, 3.05) is 18.5 Å². The number of nitriles is 1. The van der Waals surface area contributed by atoms with Crippen LogP contribution in [0.5, 0.6) is 11.5 Å². The van der Waals surface area contributed by atoms with E-state index in [1.54, 1.807) is 12.1 Å². The molecule has 0 unspecified atom stereocenters. The smallest absolute Gasteiger partial charge is 0.266 e. The first-order valence-electron chi connectivity index (χ1n) is 9.49. The molecule has 0 aromatic heterocycles. The van der Waals surface area contributed by atoms with E-state index in [1.165, 1.54) is 0 Å². The van der Waals surface area contributed by atoms with E-state index in [9.17, 15) is 10.1 Å². The van der Waals surface area contributed by atoms with E-state index in [4.69, 9.17) is 9.47 Å². The zero-order valence-corrected chi connectivity index (χ0v) is 19.3. The highest BCUT2D eigenvalue weighted by Gasteiger charge is 2.15. The topological polar surface area (TPSA) is 71.3 Å². The van der Waals surface area contributed by atoms with Crippen LogP contribution < -0.4 is 14.8 Å². The standard InChI is InChI=1S/C23H25IN2O3/c1-5-10-29-22-19(24)12-17(13-20(22)28-6-2)11-18(14-25)23(27)26-21-15(3)8-7-9-16(21)4/h7-9,11-13H,5-6,10H2,1-4H3,(H,26,27)/b18-11-. The Kier molecular flexibility index (Phi) is 8.52. The summed E-state index contributed by atoms with van der Waals surface area (Å²) in [5, 5.41) is 12.4. The number of anilines is 1. The number of hydrogen-bond donors (Lipinski definition) is 1. The van der Waals surface area contributed by atoms with Gasteiger partial charge in [-0.3, -0.25) is 4.79 Å². The van der Waals surface area contributed by atoms with E-state index in [1.807, 2.05) is 58.0 Å². The third-order valence-electron chi connectivity index (χ3n) is 4.18. The maximum atomic E-state index is 12.7. The lowest BCUT2D eigenvalue weighted by molar-refractivity contribution is -0.112. The number of carbonyl (C=O) groups excluding carboxylic acids is 1. The van der Waals surface area contributed by atoms with Crippen LogP contribution >= 0.6 is 22.6 Å². The average molecular weight is 504 g/mol. The van der Waals surface area contributed by atoms with E-state index >= 15 is 0 Å². The van der Waals surface area contributed by atoms with Gasteiger partial charge in [0.25, 0.3) is 5.91 Å². The minimum atomic E-state index is -0.441. The maximum Gasteiger partial charge on any atom is 0.266 e. The van der Waals surface area contributed by atoms with E-state index in [0.717, 1.165) is 26.8 Å². The molecule has 0 aliphatic rings. The summed E-state index contributed by atoms with van der Waals surface area (Å²) in [6.07, 6.45) is 2.46. The molecule has 0 saturated heterocycles. The fourth-order valence-corrected chi connectivity index (χ4v) is 3.57. The van der Waals surface area contributed by atoms with Crippen LogP contribution in [-0.2, 0) is 4.79 Å². The Morgan fingerprint density at radius 1 is 1.21 bits per heavy atom. The number of halogens is 1. The van der Waals surface area contributed by atoms with Gasteiger partial charge in [0, 0.05) is 5.69 Å². The van der Waals surface area contributed by atoms with Crippen LogP contribution in [0.4, 0.5) is 5.69 Å². The number of aryl methyl sites for hydroxylation is 2. The van der Waals surface area contributed by atoms with Crippen molar-refractivity contribution >= 4 is 40.3 Å². The monoisotopic (exact) mass is 504 g/mol. The predicted molar refractivity (Wildman–Crippen MR) is 124 cm³/mol. The van der Waals surface area contributed by atoms with Crippen LogP contribution in [0.25, 0.3) is 6.08 Å². The van der Waals surface area contributed by atoms with Gasteiger partial charge in [0.05, 0.1) is 16.8 Å². The summed E-state index contributed by atoms with van der Waals surface area (Å²) in [6, 6.07) is 11.4. The average Bonchev–Trinajstić information content (AvgIpc) is 2.68. The molecular weight excluding hydrogens is 479 g/mol. The molecule has 1 amide bonds. The van der Waals surface area contributed by atoms with Gasteiger partial charge >= 0.3 is 0 Å². The molecule has 2 aromatic carbocycles. The maximum absolute atomic E-state index is 12.7. The molecule has 0 aliphatic heterocycles. The third kappa shape index (κ3) is 5.97. The van der Waals surface area contributed by atoms with Gasteiger partial charge < -0.3 is 14.8 Å². The lowest BCUT2D eigenvalue weighted by Gasteiger charge is -2.14.